The lowest BCUT2D eigenvalue weighted by molar-refractivity contribution is 0.00718. The smallest absolute Gasteiger partial charge is 0.119 e. The zero-order chi connectivity index (χ0) is 22.1. The van der Waals surface area contributed by atoms with Crippen molar-refractivity contribution in [2.24, 2.45) is 0 Å². The minimum Gasteiger partial charge on any atom is -0.497 e. The highest BCUT2D eigenvalue weighted by atomic mass is 16.5. The van der Waals surface area contributed by atoms with Crippen LogP contribution >= 0.6 is 0 Å². The van der Waals surface area contributed by atoms with Gasteiger partial charge in [0.1, 0.15) is 18.1 Å². The van der Waals surface area contributed by atoms with Crippen molar-refractivity contribution in [2.75, 3.05) is 64.6 Å². The second-order valence-corrected chi connectivity index (χ2v) is 8.29. The standard InChI is InChI=1S/C25H36N2O4/c1-20(2)21-4-8-25(9-5-21)31-17-16-30-19-23(28)18-26-12-14-27(15-13-26)22-6-10-24(29-3)11-7-22/h4-11,20,23,28H,12-19H2,1-3H3/t23-/m1/s1. The van der Waals surface area contributed by atoms with Gasteiger partial charge >= 0.3 is 0 Å². The van der Waals surface area contributed by atoms with Crippen LogP contribution in [0.1, 0.15) is 25.3 Å². The number of hydrogen-bond donors (Lipinski definition) is 1. The molecule has 2 aromatic carbocycles. The maximum Gasteiger partial charge on any atom is 0.119 e. The molecule has 1 atom stereocenters. The number of benzene rings is 2. The van der Waals surface area contributed by atoms with Crippen molar-refractivity contribution < 1.29 is 19.3 Å². The molecule has 6 nitrogen and oxygen atoms in total. The summed E-state index contributed by atoms with van der Waals surface area (Å²) >= 11 is 0. The predicted molar refractivity (Wildman–Crippen MR) is 124 cm³/mol. The Hall–Kier alpha value is -2.28. The summed E-state index contributed by atoms with van der Waals surface area (Å²) in [5.74, 6) is 2.24. The first kappa shape index (κ1) is 23.4. The number of rotatable bonds is 11. The van der Waals surface area contributed by atoms with E-state index in [9.17, 15) is 5.11 Å². The Balaban J connectivity index is 1.27. The maximum atomic E-state index is 10.3. The molecule has 6 heteroatoms. The van der Waals surface area contributed by atoms with Crippen LogP contribution in [0.5, 0.6) is 11.5 Å². The highest BCUT2D eigenvalue weighted by Gasteiger charge is 2.19. The molecule has 0 spiro atoms. The van der Waals surface area contributed by atoms with Crippen LogP contribution in [-0.2, 0) is 4.74 Å². The first-order chi connectivity index (χ1) is 15.0. The second kappa shape index (κ2) is 11.9. The van der Waals surface area contributed by atoms with Crippen molar-refractivity contribution in [1.82, 2.24) is 4.90 Å². The molecule has 3 rings (SSSR count). The van der Waals surface area contributed by atoms with E-state index < -0.39 is 6.10 Å². The van der Waals surface area contributed by atoms with E-state index in [-0.39, 0.29) is 0 Å². The van der Waals surface area contributed by atoms with Crippen LogP contribution in [0.2, 0.25) is 0 Å². The molecular formula is C25H36N2O4. The summed E-state index contributed by atoms with van der Waals surface area (Å²) in [7, 11) is 1.68. The van der Waals surface area contributed by atoms with E-state index in [1.165, 1.54) is 11.3 Å². The number of aliphatic hydroxyl groups excluding tert-OH is 1. The lowest BCUT2D eigenvalue weighted by Gasteiger charge is -2.36. The normalized spacial score (nSPS) is 15.8. The Morgan fingerprint density at radius 1 is 0.871 bits per heavy atom. The largest absolute Gasteiger partial charge is 0.497 e. The Morgan fingerprint density at radius 3 is 2.13 bits per heavy atom. The zero-order valence-electron chi connectivity index (χ0n) is 19.0. The number of aliphatic hydroxyl groups is 1. The minimum atomic E-state index is -0.488. The fraction of sp³-hybridized carbons (Fsp3) is 0.520. The highest BCUT2D eigenvalue weighted by Crippen LogP contribution is 2.21. The third kappa shape index (κ3) is 7.42. The molecule has 1 saturated heterocycles. The van der Waals surface area contributed by atoms with Gasteiger partial charge in [-0.1, -0.05) is 26.0 Å². The van der Waals surface area contributed by atoms with Gasteiger partial charge in [0.2, 0.25) is 0 Å². The van der Waals surface area contributed by atoms with Gasteiger partial charge in [0.15, 0.2) is 0 Å². The van der Waals surface area contributed by atoms with Crippen molar-refractivity contribution in [1.29, 1.82) is 0 Å². The fourth-order valence-corrected chi connectivity index (χ4v) is 3.72. The van der Waals surface area contributed by atoms with Crippen LogP contribution in [0, 0.1) is 0 Å². The molecule has 0 saturated carbocycles. The molecule has 170 valence electrons. The Bertz CT molecular complexity index is 756. The summed E-state index contributed by atoms with van der Waals surface area (Å²) in [5, 5.41) is 10.3. The maximum absolute atomic E-state index is 10.3. The second-order valence-electron chi connectivity index (χ2n) is 8.29. The van der Waals surface area contributed by atoms with Crippen molar-refractivity contribution >= 4 is 5.69 Å². The van der Waals surface area contributed by atoms with Crippen LogP contribution < -0.4 is 14.4 Å². The van der Waals surface area contributed by atoms with E-state index in [4.69, 9.17) is 14.2 Å². The average molecular weight is 429 g/mol. The molecule has 0 unspecified atom stereocenters. The molecule has 2 aromatic rings. The molecule has 0 radical (unpaired) electrons. The lowest BCUT2D eigenvalue weighted by Crippen LogP contribution is -2.49. The SMILES string of the molecule is COc1ccc(N2CCN(C[C@@H](O)COCCOc3ccc(C(C)C)cc3)CC2)cc1. The van der Waals surface area contributed by atoms with Crippen molar-refractivity contribution in [2.45, 2.75) is 25.9 Å². The van der Waals surface area contributed by atoms with Gasteiger partial charge in [0.25, 0.3) is 0 Å². The topological polar surface area (TPSA) is 54.4 Å². The molecule has 0 aliphatic carbocycles. The predicted octanol–water partition coefficient (Wildman–Crippen LogP) is 3.40. The van der Waals surface area contributed by atoms with Crippen LogP contribution in [0.15, 0.2) is 48.5 Å². The quantitative estimate of drug-likeness (QED) is 0.554. The molecule has 1 N–H and O–H groups in total. The zero-order valence-corrected chi connectivity index (χ0v) is 19.0. The van der Waals surface area contributed by atoms with Crippen LogP contribution in [0.4, 0.5) is 5.69 Å². The lowest BCUT2D eigenvalue weighted by atomic mass is 10.0. The van der Waals surface area contributed by atoms with Crippen molar-refractivity contribution in [3.8, 4) is 11.5 Å². The summed E-state index contributed by atoms with van der Waals surface area (Å²) in [6.45, 7) is 10.0. The minimum absolute atomic E-state index is 0.328. The van der Waals surface area contributed by atoms with E-state index in [2.05, 4.69) is 47.9 Å². The number of ether oxygens (including phenoxy) is 3. The van der Waals surface area contributed by atoms with Gasteiger partial charge in [-0.15, -0.1) is 0 Å². The van der Waals surface area contributed by atoms with Crippen LogP contribution in [-0.4, -0.2) is 75.8 Å². The summed E-state index contributed by atoms with van der Waals surface area (Å²) < 4.78 is 16.5. The van der Waals surface area contributed by atoms with Gasteiger partial charge in [-0.05, 0) is 47.9 Å². The summed E-state index contributed by atoms with van der Waals surface area (Å²) in [4.78, 5) is 4.66. The van der Waals surface area contributed by atoms with Gasteiger partial charge in [0.05, 0.1) is 26.4 Å². The van der Waals surface area contributed by atoms with Crippen LogP contribution in [0.3, 0.4) is 0 Å². The molecule has 0 aromatic heterocycles. The number of anilines is 1. The van der Waals surface area contributed by atoms with Gasteiger partial charge in [0, 0.05) is 38.4 Å². The number of β-amino-alcohol motifs (C(OH)–C–C–N with tert-alkyl or cyclic N) is 1. The number of nitrogens with zero attached hydrogens (tertiary/aromatic N) is 2. The van der Waals surface area contributed by atoms with E-state index >= 15 is 0 Å². The first-order valence-corrected chi connectivity index (χ1v) is 11.1. The van der Waals surface area contributed by atoms with E-state index in [0.29, 0.717) is 32.3 Å². The molecule has 0 amide bonds. The van der Waals surface area contributed by atoms with E-state index in [1.807, 2.05) is 24.3 Å². The summed E-state index contributed by atoms with van der Waals surface area (Å²) in [5.41, 5.74) is 2.51. The molecule has 1 heterocycles. The molecule has 1 aliphatic rings. The third-order valence-electron chi connectivity index (χ3n) is 5.63. The highest BCUT2D eigenvalue weighted by molar-refractivity contribution is 5.49. The Morgan fingerprint density at radius 2 is 1.52 bits per heavy atom. The molecular weight excluding hydrogens is 392 g/mol. The van der Waals surface area contributed by atoms with Gasteiger partial charge in [-0.3, -0.25) is 4.90 Å². The summed E-state index contributed by atoms with van der Waals surface area (Å²) in [6, 6.07) is 16.4. The number of piperazine rings is 1. The molecule has 1 aliphatic heterocycles. The first-order valence-electron chi connectivity index (χ1n) is 11.1. The monoisotopic (exact) mass is 428 g/mol. The van der Waals surface area contributed by atoms with Crippen molar-refractivity contribution in [3.05, 3.63) is 54.1 Å². The van der Waals surface area contributed by atoms with E-state index in [0.717, 1.165) is 37.7 Å². The Labute approximate surface area is 186 Å². The number of methoxy groups -OCH3 is 1. The van der Waals surface area contributed by atoms with E-state index in [1.54, 1.807) is 7.11 Å². The molecule has 1 fully saturated rings. The van der Waals surface area contributed by atoms with Gasteiger partial charge in [-0.25, -0.2) is 0 Å². The van der Waals surface area contributed by atoms with Gasteiger partial charge < -0.3 is 24.2 Å². The molecule has 0 bridgehead atoms. The third-order valence-corrected chi connectivity index (χ3v) is 5.63. The van der Waals surface area contributed by atoms with Crippen LogP contribution in [0.25, 0.3) is 0 Å². The summed E-state index contributed by atoms with van der Waals surface area (Å²) in [6.07, 6.45) is -0.488. The average Bonchev–Trinajstić information content (AvgIpc) is 2.80. The molecule has 31 heavy (non-hydrogen) atoms. The fourth-order valence-electron chi connectivity index (χ4n) is 3.72. The van der Waals surface area contributed by atoms with Gasteiger partial charge in [-0.2, -0.15) is 0 Å². The Kier molecular flexibility index (Phi) is 9.00. The van der Waals surface area contributed by atoms with Crippen molar-refractivity contribution in [3.63, 3.8) is 0 Å². The number of hydrogen-bond acceptors (Lipinski definition) is 6.